The zero-order chi connectivity index (χ0) is 16.5. The molecule has 1 aromatic rings. The van der Waals surface area contributed by atoms with Crippen LogP contribution in [0.2, 0.25) is 0 Å². The monoisotopic (exact) mass is 327 g/mol. The molecule has 1 heterocycles. The van der Waals surface area contributed by atoms with Crippen LogP contribution in [0.5, 0.6) is 0 Å². The Bertz CT molecular complexity index is 577. The van der Waals surface area contributed by atoms with Crippen LogP contribution in [-0.2, 0) is 4.79 Å². The first-order chi connectivity index (χ1) is 11.7. The van der Waals surface area contributed by atoms with Gasteiger partial charge in [-0.3, -0.25) is 4.79 Å². The maximum absolute atomic E-state index is 12.3. The van der Waals surface area contributed by atoms with Crippen LogP contribution < -0.4 is 10.2 Å². The lowest BCUT2D eigenvalue weighted by atomic mass is 9.86. The van der Waals surface area contributed by atoms with Gasteiger partial charge in [-0.1, -0.05) is 6.42 Å². The van der Waals surface area contributed by atoms with Crippen molar-refractivity contribution in [3.05, 3.63) is 24.3 Å². The van der Waals surface area contributed by atoms with E-state index < -0.39 is 0 Å². The number of hydrogen-bond acceptors (Lipinski definition) is 3. The van der Waals surface area contributed by atoms with Gasteiger partial charge in [-0.2, -0.15) is 0 Å². The lowest BCUT2D eigenvalue weighted by Gasteiger charge is -2.34. The number of nitrogens with zero attached hydrogens (tertiary/aromatic N) is 2. The molecule has 2 saturated carbocycles. The molecule has 4 rings (SSSR count). The zero-order valence-corrected chi connectivity index (χ0v) is 14.7. The van der Waals surface area contributed by atoms with Crippen molar-refractivity contribution in [2.24, 2.45) is 17.8 Å². The number of likely N-dealkylation sites (N-methyl/N-ethyl adjacent to an activating group) is 1. The van der Waals surface area contributed by atoms with Crippen molar-refractivity contribution < 1.29 is 4.79 Å². The van der Waals surface area contributed by atoms with E-state index in [2.05, 4.69) is 34.3 Å². The second-order valence-electron chi connectivity index (χ2n) is 8.02. The highest BCUT2D eigenvalue weighted by atomic mass is 16.1. The van der Waals surface area contributed by atoms with E-state index in [-0.39, 0.29) is 5.91 Å². The minimum atomic E-state index is 0.194. The first kappa shape index (κ1) is 15.9. The van der Waals surface area contributed by atoms with Crippen molar-refractivity contribution in [1.29, 1.82) is 0 Å². The van der Waals surface area contributed by atoms with Gasteiger partial charge < -0.3 is 15.1 Å². The van der Waals surface area contributed by atoms with Gasteiger partial charge in [0.15, 0.2) is 0 Å². The van der Waals surface area contributed by atoms with Crippen molar-refractivity contribution in [3.8, 4) is 0 Å². The summed E-state index contributed by atoms with van der Waals surface area (Å²) < 4.78 is 0. The van der Waals surface area contributed by atoms with E-state index >= 15 is 0 Å². The van der Waals surface area contributed by atoms with Crippen LogP contribution >= 0.6 is 0 Å². The Morgan fingerprint density at radius 2 is 1.83 bits per heavy atom. The van der Waals surface area contributed by atoms with Crippen molar-refractivity contribution in [3.63, 3.8) is 0 Å². The van der Waals surface area contributed by atoms with Crippen LogP contribution in [0, 0.1) is 17.8 Å². The Morgan fingerprint density at radius 3 is 2.46 bits per heavy atom. The van der Waals surface area contributed by atoms with Gasteiger partial charge in [0.1, 0.15) is 0 Å². The molecular formula is C20H29N3O. The lowest BCUT2D eigenvalue weighted by molar-refractivity contribution is -0.117. The number of amides is 1. The van der Waals surface area contributed by atoms with Crippen molar-refractivity contribution in [1.82, 2.24) is 4.90 Å². The molecule has 2 aliphatic carbocycles. The topological polar surface area (TPSA) is 35.6 Å². The van der Waals surface area contributed by atoms with E-state index in [9.17, 15) is 4.79 Å². The number of fused-ring (bicyclic) bond motifs is 2. The molecule has 4 heteroatoms. The van der Waals surface area contributed by atoms with Crippen LogP contribution in [0.15, 0.2) is 24.3 Å². The number of anilines is 2. The second kappa shape index (κ2) is 6.75. The molecule has 130 valence electrons. The summed E-state index contributed by atoms with van der Waals surface area (Å²) in [7, 11) is 2.17. The van der Waals surface area contributed by atoms with Crippen LogP contribution in [-0.4, -0.2) is 44.0 Å². The summed E-state index contributed by atoms with van der Waals surface area (Å²) in [5.74, 6) is 2.56. The van der Waals surface area contributed by atoms with E-state index in [0.29, 0.717) is 12.3 Å². The summed E-state index contributed by atoms with van der Waals surface area (Å²) >= 11 is 0. The highest BCUT2D eigenvalue weighted by molar-refractivity contribution is 5.91. The first-order valence-corrected chi connectivity index (χ1v) is 9.51. The molecule has 0 aromatic heterocycles. The van der Waals surface area contributed by atoms with Crippen LogP contribution in [0.1, 0.15) is 32.1 Å². The van der Waals surface area contributed by atoms with Crippen LogP contribution in [0.4, 0.5) is 11.4 Å². The molecule has 1 saturated heterocycles. The van der Waals surface area contributed by atoms with Crippen molar-refractivity contribution >= 4 is 17.3 Å². The molecule has 1 aromatic carbocycles. The lowest BCUT2D eigenvalue weighted by Crippen LogP contribution is -2.44. The molecule has 1 amide bonds. The molecule has 0 unspecified atom stereocenters. The van der Waals surface area contributed by atoms with Crippen molar-refractivity contribution in [2.75, 3.05) is 43.4 Å². The van der Waals surface area contributed by atoms with Crippen molar-refractivity contribution in [2.45, 2.75) is 32.1 Å². The second-order valence-corrected chi connectivity index (χ2v) is 8.02. The average molecular weight is 327 g/mol. The normalized spacial score (nSPS) is 29.9. The molecule has 2 bridgehead atoms. The van der Waals surface area contributed by atoms with Gasteiger partial charge in [0.2, 0.25) is 5.91 Å². The number of carbonyl (C=O) groups excluding carboxylic acids is 1. The number of hydrogen-bond donors (Lipinski definition) is 1. The number of rotatable bonds is 4. The molecule has 1 N–H and O–H groups in total. The minimum Gasteiger partial charge on any atom is -0.369 e. The van der Waals surface area contributed by atoms with Gasteiger partial charge >= 0.3 is 0 Å². The maximum atomic E-state index is 12.3. The average Bonchev–Trinajstić information content (AvgIpc) is 3.19. The number of nitrogens with one attached hydrogen (secondary N) is 1. The predicted molar refractivity (Wildman–Crippen MR) is 98.3 cm³/mol. The Morgan fingerprint density at radius 1 is 1.08 bits per heavy atom. The van der Waals surface area contributed by atoms with Gasteiger partial charge in [-0.05, 0) is 68.3 Å². The van der Waals surface area contributed by atoms with Gasteiger partial charge in [-0.25, -0.2) is 0 Å². The minimum absolute atomic E-state index is 0.194. The maximum Gasteiger partial charge on any atom is 0.224 e. The van der Waals surface area contributed by atoms with E-state index in [1.54, 1.807) is 0 Å². The number of carbonyl (C=O) groups is 1. The van der Waals surface area contributed by atoms with Gasteiger partial charge in [0.05, 0.1) is 0 Å². The Balaban J connectivity index is 1.29. The zero-order valence-electron chi connectivity index (χ0n) is 14.7. The molecule has 3 atom stereocenters. The third-order valence-corrected chi connectivity index (χ3v) is 6.35. The van der Waals surface area contributed by atoms with E-state index in [1.807, 2.05) is 12.1 Å². The molecule has 0 radical (unpaired) electrons. The fraction of sp³-hybridized carbons (Fsp3) is 0.650. The summed E-state index contributed by atoms with van der Waals surface area (Å²) in [6, 6.07) is 8.37. The van der Waals surface area contributed by atoms with Gasteiger partial charge in [0, 0.05) is 44.0 Å². The Labute approximate surface area is 145 Å². The van der Waals surface area contributed by atoms with E-state index in [4.69, 9.17) is 0 Å². The van der Waals surface area contributed by atoms with Crippen LogP contribution in [0.3, 0.4) is 0 Å². The number of piperazine rings is 1. The first-order valence-electron chi connectivity index (χ1n) is 9.51. The molecule has 3 fully saturated rings. The summed E-state index contributed by atoms with van der Waals surface area (Å²) in [4.78, 5) is 17.1. The van der Waals surface area contributed by atoms with E-state index in [0.717, 1.165) is 43.7 Å². The number of benzene rings is 1. The third-order valence-electron chi connectivity index (χ3n) is 6.35. The van der Waals surface area contributed by atoms with Gasteiger partial charge in [-0.15, -0.1) is 0 Å². The molecule has 24 heavy (non-hydrogen) atoms. The predicted octanol–water partition coefficient (Wildman–Crippen LogP) is 3.20. The molecule has 1 aliphatic heterocycles. The molecule has 0 spiro atoms. The smallest absolute Gasteiger partial charge is 0.224 e. The highest BCUT2D eigenvalue weighted by Gasteiger charge is 2.40. The highest BCUT2D eigenvalue weighted by Crippen LogP contribution is 2.49. The fourth-order valence-electron chi connectivity index (χ4n) is 4.90. The summed E-state index contributed by atoms with van der Waals surface area (Å²) in [6.45, 7) is 4.38. The Hall–Kier alpha value is -1.55. The molecule has 4 nitrogen and oxygen atoms in total. The third kappa shape index (κ3) is 3.44. The fourth-order valence-corrected chi connectivity index (χ4v) is 4.90. The standard InChI is InChI=1S/C20H29N3O/c1-22-8-10-23(11-9-22)19-6-4-18(5-7-19)21-20(24)14-17-13-15-2-3-16(17)12-15/h4-7,15-17H,2-3,8-14H2,1H3,(H,21,24)/t15-,16+,17-/m0/s1. The summed E-state index contributed by atoms with van der Waals surface area (Å²) in [6.07, 6.45) is 6.11. The van der Waals surface area contributed by atoms with Crippen LogP contribution in [0.25, 0.3) is 0 Å². The largest absolute Gasteiger partial charge is 0.369 e. The van der Waals surface area contributed by atoms with Gasteiger partial charge in [0.25, 0.3) is 0 Å². The summed E-state index contributed by atoms with van der Waals surface area (Å²) in [5, 5.41) is 3.10. The Kier molecular flexibility index (Phi) is 4.49. The quantitative estimate of drug-likeness (QED) is 0.922. The summed E-state index contributed by atoms with van der Waals surface area (Å²) in [5.41, 5.74) is 2.19. The molecular weight excluding hydrogens is 298 g/mol. The SMILES string of the molecule is CN1CCN(c2ccc(NC(=O)C[C@@H]3C[C@H]4CC[C@@H]3C4)cc2)CC1. The molecule has 3 aliphatic rings. The van der Waals surface area contributed by atoms with E-state index in [1.165, 1.54) is 31.4 Å².